The molecule has 1 aliphatic rings. The summed E-state index contributed by atoms with van der Waals surface area (Å²) in [5, 5.41) is 13.3. The van der Waals surface area contributed by atoms with Crippen LogP contribution in [0.4, 0.5) is 0 Å². The molecule has 6 heteroatoms. The first-order valence-corrected chi connectivity index (χ1v) is 5.40. The van der Waals surface area contributed by atoms with Gasteiger partial charge in [-0.05, 0) is 6.92 Å². The zero-order chi connectivity index (χ0) is 12.7. The lowest BCUT2D eigenvalue weighted by Crippen LogP contribution is -2.27. The zero-order valence-electron chi connectivity index (χ0n) is 10.0. The Hall–Kier alpha value is -1.85. The van der Waals surface area contributed by atoms with Crippen LogP contribution in [0.1, 0.15) is 23.7 Å². The second-order valence-electron chi connectivity index (χ2n) is 4.41. The van der Waals surface area contributed by atoms with Crippen molar-refractivity contribution >= 4 is 11.9 Å². The number of carboxylic acid groups (broad SMARTS) is 1. The fourth-order valence-electron chi connectivity index (χ4n) is 2.32. The third-order valence-electron chi connectivity index (χ3n) is 3.50. The maximum Gasteiger partial charge on any atom is 0.309 e. The molecule has 1 aromatic heterocycles. The van der Waals surface area contributed by atoms with Crippen molar-refractivity contribution in [2.45, 2.75) is 19.4 Å². The highest BCUT2D eigenvalue weighted by Gasteiger charge is 2.44. The predicted molar refractivity (Wildman–Crippen MR) is 59.2 cm³/mol. The largest absolute Gasteiger partial charge is 0.481 e. The van der Waals surface area contributed by atoms with Crippen LogP contribution in [0.15, 0.2) is 6.20 Å². The molecule has 2 atom stereocenters. The van der Waals surface area contributed by atoms with Crippen LogP contribution in [0, 0.1) is 12.8 Å². The number of rotatable bonds is 2. The Labute approximate surface area is 98.8 Å². The van der Waals surface area contributed by atoms with Crippen molar-refractivity contribution < 1.29 is 14.7 Å². The topological polar surface area (TPSA) is 75.4 Å². The highest BCUT2D eigenvalue weighted by molar-refractivity contribution is 5.87. The number of carbonyl (C=O) groups excluding carboxylic acids is 1. The molecule has 1 saturated heterocycles. The van der Waals surface area contributed by atoms with E-state index in [1.165, 1.54) is 4.90 Å². The lowest BCUT2D eigenvalue weighted by atomic mass is 9.94. The minimum Gasteiger partial charge on any atom is -0.481 e. The van der Waals surface area contributed by atoms with Crippen LogP contribution < -0.4 is 0 Å². The van der Waals surface area contributed by atoms with Gasteiger partial charge < -0.3 is 10.0 Å². The van der Waals surface area contributed by atoms with E-state index in [1.807, 2.05) is 6.92 Å². The van der Waals surface area contributed by atoms with Gasteiger partial charge in [0.25, 0.3) is 0 Å². The molecule has 1 fully saturated rings. The molecule has 0 saturated carbocycles. The van der Waals surface area contributed by atoms with Crippen LogP contribution in [0.25, 0.3) is 0 Å². The minimum absolute atomic E-state index is 0.0604. The molecule has 2 heterocycles. The minimum atomic E-state index is -0.934. The van der Waals surface area contributed by atoms with Crippen LogP contribution in [-0.4, -0.2) is 38.7 Å². The molecule has 1 N–H and O–H groups in total. The van der Waals surface area contributed by atoms with Crippen molar-refractivity contribution in [2.24, 2.45) is 13.0 Å². The van der Waals surface area contributed by atoms with Gasteiger partial charge in [-0.2, -0.15) is 5.10 Å². The van der Waals surface area contributed by atoms with Crippen molar-refractivity contribution in [1.29, 1.82) is 0 Å². The van der Waals surface area contributed by atoms with E-state index >= 15 is 0 Å². The SMILES string of the molecule is Cc1c([C@@H]2[C@@H](C(=O)O)CC(=O)N2C)cnn1C. The number of carboxylic acids is 1. The van der Waals surface area contributed by atoms with Gasteiger partial charge in [-0.3, -0.25) is 14.3 Å². The summed E-state index contributed by atoms with van der Waals surface area (Å²) in [7, 11) is 3.44. The van der Waals surface area contributed by atoms with Crippen molar-refractivity contribution in [1.82, 2.24) is 14.7 Å². The van der Waals surface area contributed by atoms with Gasteiger partial charge in [0.15, 0.2) is 0 Å². The Morgan fingerprint density at radius 2 is 2.18 bits per heavy atom. The van der Waals surface area contributed by atoms with Gasteiger partial charge in [-0.1, -0.05) is 0 Å². The first kappa shape index (κ1) is 11.6. The summed E-state index contributed by atoms with van der Waals surface area (Å²) in [4.78, 5) is 24.3. The van der Waals surface area contributed by atoms with Gasteiger partial charge in [-0.15, -0.1) is 0 Å². The molecule has 0 aromatic carbocycles. The Kier molecular flexibility index (Phi) is 2.65. The number of hydrogen-bond acceptors (Lipinski definition) is 3. The van der Waals surface area contributed by atoms with Crippen LogP contribution >= 0.6 is 0 Å². The Bertz CT molecular complexity index is 480. The van der Waals surface area contributed by atoms with E-state index in [1.54, 1.807) is 25.0 Å². The maximum absolute atomic E-state index is 11.6. The van der Waals surface area contributed by atoms with Crippen molar-refractivity contribution in [2.75, 3.05) is 7.05 Å². The maximum atomic E-state index is 11.6. The van der Waals surface area contributed by atoms with Gasteiger partial charge in [0.1, 0.15) is 0 Å². The Balaban J connectivity index is 2.44. The number of aromatic nitrogens is 2. The van der Waals surface area contributed by atoms with Gasteiger partial charge in [0.05, 0.1) is 18.2 Å². The lowest BCUT2D eigenvalue weighted by molar-refractivity contribution is -0.142. The molecule has 0 spiro atoms. The molecule has 0 radical (unpaired) electrons. The summed E-state index contributed by atoms with van der Waals surface area (Å²) in [5.41, 5.74) is 1.70. The quantitative estimate of drug-likeness (QED) is 0.804. The van der Waals surface area contributed by atoms with Gasteiger partial charge >= 0.3 is 5.97 Å². The number of aryl methyl sites for hydroxylation is 1. The van der Waals surface area contributed by atoms with Gasteiger partial charge in [0, 0.05) is 31.8 Å². The van der Waals surface area contributed by atoms with E-state index in [9.17, 15) is 14.7 Å². The molecule has 0 unspecified atom stereocenters. The smallest absolute Gasteiger partial charge is 0.309 e. The molecular formula is C11H15N3O3. The van der Waals surface area contributed by atoms with Crippen LogP contribution in [0.5, 0.6) is 0 Å². The average molecular weight is 237 g/mol. The average Bonchev–Trinajstić information content (AvgIpc) is 2.73. The van der Waals surface area contributed by atoms with E-state index in [0.717, 1.165) is 11.3 Å². The van der Waals surface area contributed by atoms with Gasteiger partial charge in [0.2, 0.25) is 5.91 Å². The second kappa shape index (κ2) is 3.87. The Morgan fingerprint density at radius 3 is 2.65 bits per heavy atom. The number of likely N-dealkylation sites (tertiary alicyclic amines) is 1. The number of nitrogens with zero attached hydrogens (tertiary/aromatic N) is 3. The molecule has 2 rings (SSSR count). The van der Waals surface area contributed by atoms with Crippen LogP contribution in [0.3, 0.4) is 0 Å². The molecule has 6 nitrogen and oxygen atoms in total. The van der Waals surface area contributed by atoms with E-state index in [-0.39, 0.29) is 12.3 Å². The van der Waals surface area contributed by atoms with E-state index < -0.39 is 17.9 Å². The summed E-state index contributed by atoms with van der Waals surface area (Å²) in [6.45, 7) is 1.87. The molecule has 92 valence electrons. The van der Waals surface area contributed by atoms with Crippen molar-refractivity contribution in [3.05, 3.63) is 17.5 Å². The molecule has 17 heavy (non-hydrogen) atoms. The number of amides is 1. The van der Waals surface area contributed by atoms with Crippen molar-refractivity contribution in [3.63, 3.8) is 0 Å². The summed E-state index contributed by atoms with van der Waals surface area (Å²) in [6.07, 6.45) is 1.70. The number of carbonyl (C=O) groups is 2. The summed E-state index contributed by atoms with van der Waals surface area (Å²) < 4.78 is 1.69. The molecule has 1 aliphatic heterocycles. The second-order valence-corrected chi connectivity index (χ2v) is 4.41. The lowest BCUT2D eigenvalue weighted by Gasteiger charge is -2.22. The van der Waals surface area contributed by atoms with Gasteiger partial charge in [-0.25, -0.2) is 0 Å². The summed E-state index contributed by atoms with van der Waals surface area (Å²) in [5.74, 6) is -1.75. The van der Waals surface area contributed by atoms with E-state index in [2.05, 4.69) is 5.10 Å². The molecule has 1 amide bonds. The predicted octanol–water partition coefficient (Wildman–Crippen LogP) is 0.333. The van der Waals surface area contributed by atoms with E-state index in [4.69, 9.17) is 0 Å². The standard InChI is InChI=1S/C11H15N3O3/c1-6-8(5-12-14(6)3)10-7(11(16)17)4-9(15)13(10)2/h5,7,10H,4H2,1-3H3,(H,16,17)/t7-,10-/m0/s1. The summed E-state index contributed by atoms with van der Waals surface area (Å²) in [6, 6.07) is -0.409. The van der Waals surface area contributed by atoms with E-state index in [0.29, 0.717) is 0 Å². The molecule has 0 bridgehead atoms. The fraction of sp³-hybridized carbons (Fsp3) is 0.545. The third kappa shape index (κ3) is 1.69. The zero-order valence-corrected chi connectivity index (χ0v) is 10.0. The molecular weight excluding hydrogens is 222 g/mol. The Morgan fingerprint density at radius 1 is 1.53 bits per heavy atom. The summed E-state index contributed by atoms with van der Waals surface area (Å²) >= 11 is 0. The number of aliphatic carboxylic acids is 1. The van der Waals surface area contributed by atoms with Crippen LogP contribution in [0.2, 0.25) is 0 Å². The normalized spacial score (nSPS) is 24.4. The molecule has 1 aromatic rings. The fourth-order valence-corrected chi connectivity index (χ4v) is 2.32. The monoisotopic (exact) mass is 237 g/mol. The highest BCUT2D eigenvalue weighted by Crippen LogP contribution is 2.38. The highest BCUT2D eigenvalue weighted by atomic mass is 16.4. The van der Waals surface area contributed by atoms with Crippen LogP contribution in [-0.2, 0) is 16.6 Å². The van der Waals surface area contributed by atoms with Crippen molar-refractivity contribution in [3.8, 4) is 0 Å². The third-order valence-corrected chi connectivity index (χ3v) is 3.50. The first-order chi connectivity index (χ1) is 7.93. The number of hydrogen-bond donors (Lipinski definition) is 1. The first-order valence-electron chi connectivity index (χ1n) is 5.40. The molecule has 0 aliphatic carbocycles.